The van der Waals surface area contributed by atoms with Gasteiger partial charge in [-0.25, -0.2) is 0 Å². The van der Waals surface area contributed by atoms with Crippen molar-refractivity contribution in [2.45, 2.75) is 33.4 Å². The standard InChI is InChI=1S/C8H17N3/c1-7(2)10-11-6-5-9-8(11,3)4/h9H,5-6H2,1-4H3. The summed E-state index contributed by atoms with van der Waals surface area (Å²) in [5.41, 5.74) is 1.15. The lowest BCUT2D eigenvalue weighted by molar-refractivity contribution is 0.164. The normalized spacial score (nSPS) is 22.0. The van der Waals surface area contributed by atoms with Crippen molar-refractivity contribution in [1.82, 2.24) is 10.3 Å². The summed E-state index contributed by atoms with van der Waals surface area (Å²) >= 11 is 0. The first-order valence-electron chi connectivity index (χ1n) is 4.07. The highest BCUT2D eigenvalue weighted by atomic mass is 15.6. The zero-order valence-corrected chi connectivity index (χ0v) is 7.81. The lowest BCUT2D eigenvalue weighted by atomic mass is 10.3. The van der Waals surface area contributed by atoms with Gasteiger partial charge in [-0.15, -0.1) is 0 Å². The number of hydrogen-bond donors (Lipinski definition) is 1. The molecule has 0 radical (unpaired) electrons. The predicted molar refractivity (Wildman–Crippen MR) is 47.6 cm³/mol. The van der Waals surface area contributed by atoms with Crippen LogP contribution in [-0.4, -0.2) is 29.5 Å². The van der Waals surface area contributed by atoms with E-state index in [1.165, 1.54) is 0 Å². The first-order chi connectivity index (χ1) is 5.02. The largest absolute Gasteiger partial charge is 0.292 e. The third-order valence-corrected chi connectivity index (χ3v) is 1.85. The molecule has 0 aromatic heterocycles. The van der Waals surface area contributed by atoms with Gasteiger partial charge in [0.1, 0.15) is 5.66 Å². The van der Waals surface area contributed by atoms with Crippen LogP contribution < -0.4 is 5.32 Å². The molecule has 0 amide bonds. The molecule has 0 spiro atoms. The second-order valence-corrected chi connectivity index (χ2v) is 3.66. The molecule has 0 atom stereocenters. The molecule has 1 fully saturated rings. The van der Waals surface area contributed by atoms with Crippen molar-refractivity contribution in [2.75, 3.05) is 13.1 Å². The van der Waals surface area contributed by atoms with Crippen molar-refractivity contribution < 1.29 is 0 Å². The van der Waals surface area contributed by atoms with E-state index in [1.807, 2.05) is 13.8 Å². The van der Waals surface area contributed by atoms with Crippen LogP contribution in [0.15, 0.2) is 5.10 Å². The van der Waals surface area contributed by atoms with Crippen molar-refractivity contribution in [3.8, 4) is 0 Å². The summed E-state index contributed by atoms with van der Waals surface area (Å²) in [5.74, 6) is 0. The molecule has 3 nitrogen and oxygen atoms in total. The zero-order chi connectivity index (χ0) is 8.48. The van der Waals surface area contributed by atoms with Gasteiger partial charge in [-0.2, -0.15) is 5.10 Å². The van der Waals surface area contributed by atoms with Crippen molar-refractivity contribution in [2.24, 2.45) is 5.10 Å². The van der Waals surface area contributed by atoms with Crippen LogP contribution in [0.3, 0.4) is 0 Å². The Labute approximate surface area is 68.5 Å². The highest BCUT2D eigenvalue weighted by Gasteiger charge is 2.29. The van der Waals surface area contributed by atoms with Gasteiger partial charge >= 0.3 is 0 Å². The molecule has 1 N–H and O–H groups in total. The molecule has 0 aromatic rings. The van der Waals surface area contributed by atoms with E-state index in [1.54, 1.807) is 0 Å². The van der Waals surface area contributed by atoms with E-state index in [2.05, 4.69) is 29.3 Å². The molecule has 0 saturated carbocycles. The maximum atomic E-state index is 4.42. The minimum Gasteiger partial charge on any atom is -0.292 e. The second-order valence-electron chi connectivity index (χ2n) is 3.66. The average Bonchev–Trinajstić information content (AvgIpc) is 2.10. The fourth-order valence-corrected chi connectivity index (χ4v) is 1.25. The van der Waals surface area contributed by atoms with Crippen LogP contribution in [0.1, 0.15) is 27.7 Å². The van der Waals surface area contributed by atoms with E-state index in [0.717, 1.165) is 18.8 Å². The molecule has 0 unspecified atom stereocenters. The molecule has 0 aliphatic carbocycles. The summed E-state index contributed by atoms with van der Waals surface area (Å²) < 4.78 is 0. The molecular formula is C8H17N3. The summed E-state index contributed by atoms with van der Waals surface area (Å²) in [6, 6.07) is 0. The first-order valence-corrected chi connectivity index (χ1v) is 4.07. The molecule has 1 rings (SSSR count). The van der Waals surface area contributed by atoms with Crippen LogP contribution >= 0.6 is 0 Å². The van der Waals surface area contributed by atoms with Crippen LogP contribution in [0, 0.1) is 0 Å². The minimum absolute atomic E-state index is 0.0390. The van der Waals surface area contributed by atoms with Crippen molar-refractivity contribution in [3.05, 3.63) is 0 Å². The highest BCUT2D eigenvalue weighted by Crippen LogP contribution is 2.15. The van der Waals surface area contributed by atoms with Crippen LogP contribution in [0.25, 0.3) is 0 Å². The molecule has 0 bridgehead atoms. The van der Waals surface area contributed by atoms with Gasteiger partial charge in [-0.05, 0) is 27.7 Å². The number of hydrogen-bond acceptors (Lipinski definition) is 3. The second kappa shape index (κ2) is 2.81. The van der Waals surface area contributed by atoms with E-state index in [4.69, 9.17) is 0 Å². The number of nitrogens with one attached hydrogen (secondary N) is 1. The smallest absolute Gasteiger partial charge is 0.102 e. The Morgan fingerprint density at radius 2 is 2.09 bits per heavy atom. The van der Waals surface area contributed by atoms with E-state index in [9.17, 15) is 0 Å². The first kappa shape index (κ1) is 8.53. The van der Waals surface area contributed by atoms with Crippen molar-refractivity contribution >= 4 is 5.71 Å². The Morgan fingerprint density at radius 3 is 2.45 bits per heavy atom. The van der Waals surface area contributed by atoms with Gasteiger partial charge in [-0.1, -0.05) is 0 Å². The third-order valence-electron chi connectivity index (χ3n) is 1.85. The Bertz CT molecular complexity index is 168. The van der Waals surface area contributed by atoms with Crippen molar-refractivity contribution in [3.63, 3.8) is 0 Å². The Balaban J connectivity index is 2.66. The van der Waals surface area contributed by atoms with Crippen LogP contribution in [0.4, 0.5) is 0 Å². The molecular weight excluding hydrogens is 138 g/mol. The maximum Gasteiger partial charge on any atom is 0.102 e. The van der Waals surface area contributed by atoms with E-state index >= 15 is 0 Å². The lowest BCUT2D eigenvalue weighted by Crippen LogP contribution is -2.43. The molecule has 1 heterocycles. The van der Waals surface area contributed by atoms with Gasteiger partial charge in [0, 0.05) is 12.3 Å². The molecule has 1 aliphatic heterocycles. The highest BCUT2D eigenvalue weighted by molar-refractivity contribution is 5.78. The third kappa shape index (κ3) is 1.93. The number of hydrazone groups is 1. The van der Waals surface area contributed by atoms with Crippen LogP contribution in [0.5, 0.6) is 0 Å². The topological polar surface area (TPSA) is 27.6 Å². The van der Waals surface area contributed by atoms with Crippen LogP contribution in [-0.2, 0) is 0 Å². The molecule has 1 aliphatic rings. The summed E-state index contributed by atoms with van der Waals surface area (Å²) in [6.45, 7) is 10.4. The van der Waals surface area contributed by atoms with Gasteiger partial charge in [0.05, 0.1) is 6.54 Å². The molecule has 11 heavy (non-hydrogen) atoms. The predicted octanol–water partition coefficient (Wildman–Crippen LogP) is 1.02. The van der Waals surface area contributed by atoms with Gasteiger partial charge in [0.15, 0.2) is 0 Å². The fraction of sp³-hybridized carbons (Fsp3) is 0.875. The SMILES string of the molecule is CC(C)=NN1CCNC1(C)C. The molecule has 3 heteroatoms. The summed E-state index contributed by atoms with van der Waals surface area (Å²) in [6.07, 6.45) is 0. The van der Waals surface area contributed by atoms with Crippen molar-refractivity contribution in [1.29, 1.82) is 0 Å². The van der Waals surface area contributed by atoms with E-state index in [0.29, 0.717) is 0 Å². The lowest BCUT2D eigenvalue weighted by Gasteiger charge is -2.28. The van der Waals surface area contributed by atoms with Gasteiger partial charge in [0.2, 0.25) is 0 Å². The number of nitrogens with zero attached hydrogens (tertiary/aromatic N) is 2. The fourth-order valence-electron chi connectivity index (χ4n) is 1.25. The quantitative estimate of drug-likeness (QED) is 0.573. The van der Waals surface area contributed by atoms with E-state index in [-0.39, 0.29) is 5.66 Å². The van der Waals surface area contributed by atoms with Gasteiger partial charge < -0.3 is 0 Å². The molecule has 64 valence electrons. The van der Waals surface area contributed by atoms with Gasteiger partial charge in [-0.3, -0.25) is 10.3 Å². The Kier molecular flexibility index (Phi) is 2.18. The summed E-state index contributed by atoms with van der Waals surface area (Å²) in [7, 11) is 0. The molecule has 1 saturated heterocycles. The van der Waals surface area contributed by atoms with E-state index < -0.39 is 0 Å². The van der Waals surface area contributed by atoms with Crippen LogP contribution in [0.2, 0.25) is 0 Å². The van der Waals surface area contributed by atoms with Gasteiger partial charge in [0.25, 0.3) is 0 Å². The average molecular weight is 155 g/mol. The maximum absolute atomic E-state index is 4.42. The summed E-state index contributed by atoms with van der Waals surface area (Å²) in [4.78, 5) is 0. The number of rotatable bonds is 1. The molecule has 0 aromatic carbocycles. The minimum atomic E-state index is 0.0390. The summed E-state index contributed by atoms with van der Waals surface area (Å²) in [5, 5.41) is 9.89. The Morgan fingerprint density at radius 1 is 1.45 bits per heavy atom. The monoisotopic (exact) mass is 155 g/mol. The Hall–Kier alpha value is -0.570. The zero-order valence-electron chi connectivity index (χ0n) is 7.81.